The smallest absolute Gasteiger partial charge is 0.347 e. The maximum absolute atomic E-state index is 13.9. The molecular weight excluding hydrogens is 833 g/mol. The third kappa shape index (κ3) is 8.64. The normalized spacial score (nSPS) is 10.8. The summed E-state index contributed by atoms with van der Waals surface area (Å²) in [6, 6.07) is 0. The molecule has 0 aliphatic heterocycles. The van der Waals surface area contributed by atoms with Gasteiger partial charge in [-0.3, -0.25) is 0 Å². The summed E-state index contributed by atoms with van der Waals surface area (Å²) in [5.74, 6) is -5.05. The maximum atomic E-state index is 13.9. The minimum atomic E-state index is -1.19. The monoisotopic (exact) mass is 886 g/mol. The second-order valence-corrected chi connectivity index (χ2v) is 15.2. The van der Waals surface area contributed by atoms with Crippen molar-refractivity contribution in [3.8, 4) is 34.5 Å². The van der Waals surface area contributed by atoms with Crippen LogP contribution in [0, 0.1) is 83.1 Å². The summed E-state index contributed by atoms with van der Waals surface area (Å²) in [5, 5.41) is 19.6. The quantitative estimate of drug-likeness (QED) is 0.0652. The lowest BCUT2D eigenvalue weighted by molar-refractivity contribution is 0.0263. The van der Waals surface area contributed by atoms with Gasteiger partial charge in [-0.1, -0.05) is 0 Å². The number of carboxylic acids is 2. The molecule has 0 fully saturated rings. The van der Waals surface area contributed by atoms with Gasteiger partial charge in [0.2, 0.25) is 0 Å². The zero-order valence-corrected chi connectivity index (χ0v) is 39.0. The number of carbonyl (C=O) groups excluding carboxylic acids is 4. The third-order valence-electron chi connectivity index (χ3n) is 11.9. The van der Waals surface area contributed by atoms with Crippen LogP contribution in [0.3, 0.4) is 0 Å². The average molecular weight is 887 g/mol. The van der Waals surface area contributed by atoms with E-state index >= 15 is 0 Å². The topological polar surface area (TPSA) is 217 Å². The van der Waals surface area contributed by atoms with Crippen molar-refractivity contribution in [1.82, 2.24) is 0 Å². The van der Waals surface area contributed by atoms with Gasteiger partial charge in [-0.15, -0.1) is 0 Å². The Morgan fingerprint density at radius 1 is 0.312 bits per heavy atom. The van der Waals surface area contributed by atoms with Crippen LogP contribution in [0.15, 0.2) is 0 Å². The number of carbonyl (C=O) groups is 6. The van der Waals surface area contributed by atoms with Crippen LogP contribution in [0.5, 0.6) is 34.5 Å². The van der Waals surface area contributed by atoms with Gasteiger partial charge in [-0.05, 0) is 128 Å². The summed E-state index contributed by atoms with van der Waals surface area (Å²) >= 11 is 0. The van der Waals surface area contributed by atoms with Crippen molar-refractivity contribution in [2.24, 2.45) is 0 Å². The molecule has 4 aromatic carbocycles. The van der Waals surface area contributed by atoms with Crippen LogP contribution in [0.1, 0.15) is 129 Å². The molecule has 0 saturated heterocycles. The van der Waals surface area contributed by atoms with Gasteiger partial charge in [0.25, 0.3) is 0 Å². The first-order chi connectivity index (χ1) is 30.0. The number of rotatable bonds is 15. The molecule has 4 rings (SSSR count). The fourth-order valence-corrected chi connectivity index (χ4v) is 8.10. The molecule has 342 valence electrons. The molecule has 0 spiro atoms. The highest BCUT2D eigenvalue weighted by Gasteiger charge is 2.33. The molecule has 0 unspecified atom stereocenters. The molecule has 0 atom stereocenters. The minimum Gasteiger partial charge on any atom is -0.496 e. The number of aromatic carboxylic acids is 2. The highest BCUT2D eigenvalue weighted by atomic mass is 16.6. The maximum Gasteiger partial charge on any atom is 0.347 e. The SMILES string of the molecule is COc1c(C)c(OC(=O)c2c(C)c(C)c(C(=O)OCCOC(=O)c3c(C)c(C)c(C(=O)Oc4c(C)c(C)c(C(=O)O)c(OC)c4C)c(OC)c3C)c(C)c2OC)c(C)c(C)c1C(=O)O. The van der Waals surface area contributed by atoms with Crippen molar-refractivity contribution in [3.63, 3.8) is 0 Å². The molecule has 16 nitrogen and oxygen atoms in total. The Balaban J connectivity index is 1.56. The van der Waals surface area contributed by atoms with Crippen molar-refractivity contribution in [1.29, 1.82) is 0 Å². The third-order valence-corrected chi connectivity index (χ3v) is 11.9. The highest BCUT2D eigenvalue weighted by molar-refractivity contribution is 6.03. The number of methoxy groups -OCH3 is 4. The van der Waals surface area contributed by atoms with E-state index in [9.17, 15) is 39.0 Å². The number of hydrogen-bond acceptors (Lipinski definition) is 14. The number of benzene rings is 4. The standard InChI is InChI=1S/C48H54O16/c1-19-21(3)35(47(55)63-37-25(7)23(5)33(43(49)50)41(59-15)29(37)11)39(57-13)27(9)31(19)45(53)61-17-18-62-46(54)32-20(2)22(4)36(40(58-14)28(32)10)48(56)64-38-26(8)24(6)34(44(51)52)42(60-16)30(38)12/h17-18H2,1-16H3,(H,49,50)(H,51,52). The lowest BCUT2D eigenvalue weighted by Gasteiger charge is -2.22. The summed E-state index contributed by atoms with van der Waals surface area (Å²) in [6.07, 6.45) is 0. The molecule has 2 N–H and O–H groups in total. The van der Waals surface area contributed by atoms with Crippen LogP contribution < -0.4 is 28.4 Å². The van der Waals surface area contributed by atoms with Crippen LogP contribution in [-0.4, -0.2) is 87.7 Å². The molecule has 64 heavy (non-hydrogen) atoms. The molecule has 0 bridgehead atoms. The summed E-state index contributed by atoms with van der Waals surface area (Å²) < 4.78 is 45.0. The molecular formula is C48H54O16. The van der Waals surface area contributed by atoms with Crippen molar-refractivity contribution in [2.45, 2.75) is 83.1 Å². The highest BCUT2D eigenvalue weighted by Crippen LogP contribution is 2.42. The van der Waals surface area contributed by atoms with Gasteiger partial charge >= 0.3 is 35.8 Å². The fraction of sp³-hybridized carbons (Fsp3) is 0.375. The van der Waals surface area contributed by atoms with Gasteiger partial charge in [0.15, 0.2) is 0 Å². The van der Waals surface area contributed by atoms with Crippen molar-refractivity contribution >= 4 is 35.8 Å². The van der Waals surface area contributed by atoms with E-state index in [1.54, 1.807) is 83.1 Å². The van der Waals surface area contributed by atoms with Crippen molar-refractivity contribution in [2.75, 3.05) is 41.7 Å². The molecule has 0 aliphatic carbocycles. The van der Waals surface area contributed by atoms with Gasteiger partial charge in [0.05, 0.1) is 39.6 Å². The van der Waals surface area contributed by atoms with E-state index in [1.807, 2.05) is 0 Å². The van der Waals surface area contributed by atoms with Crippen LogP contribution >= 0.6 is 0 Å². The first-order valence-corrected chi connectivity index (χ1v) is 19.9. The molecule has 0 heterocycles. The Bertz CT molecular complexity index is 2470. The number of esters is 4. The van der Waals surface area contributed by atoms with Crippen LogP contribution in [0.25, 0.3) is 0 Å². The minimum absolute atomic E-state index is 0.0440. The van der Waals surface area contributed by atoms with Crippen molar-refractivity contribution in [3.05, 3.63) is 100 Å². The molecule has 16 heteroatoms. The lowest BCUT2D eigenvalue weighted by Crippen LogP contribution is -2.21. The Morgan fingerprint density at radius 3 is 0.828 bits per heavy atom. The molecule has 0 saturated carbocycles. The van der Waals surface area contributed by atoms with E-state index in [0.717, 1.165) is 0 Å². The largest absolute Gasteiger partial charge is 0.496 e. The Labute approximate surface area is 371 Å². The van der Waals surface area contributed by atoms with Gasteiger partial charge in [-0.25, -0.2) is 28.8 Å². The average Bonchev–Trinajstić information content (AvgIpc) is 3.23. The molecule has 0 aliphatic rings. The predicted octanol–water partition coefficient (Wildman–Crippen LogP) is 8.27. The summed E-state index contributed by atoms with van der Waals surface area (Å²) in [4.78, 5) is 79.0. The van der Waals surface area contributed by atoms with E-state index in [4.69, 9.17) is 37.9 Å². The first-order valence-electron chi connectivity index (χ1n) is 19.9. The zero-order chi connectivity index (χ0) is 48.4. The fourth-order valence-electron chi connectivity index (χ4n) is 8.10. The lowest BCUT2D eigenvalue weighted by atomic mass is 9.92. The Morgan fingerprint density at radius 2 is 0.562 bits per heavy atom. The van der Waals surface area contributed by atoms with E-state index < -0.39 is 35.8 Å². The van der Waals surface area contributed by atoms with E-state index in [1.165, 1.54) is 28.4 Å². The van der Waals surface area contributed by atoms with Crippen LogP contribution in [-0.2, 0) is 9.47 Å². The van der Waals surface area contributed by atoms with Gasteiger partial charge < -0.3 is 48.1 Å². The van der Waals surface area contributed by atoms with Gasteiger partial charge in [0, 0.05) is 22.3 Å². The molecule has 0 amide bonds. The van der Waals surface area contributed by atoms with Crippen molar-refractivity contribution < 1.29 is 76.9 Å². The predicted molar refractivity (Wildman–Crippen MR) is 233 cm³/mol. The number of ether oxygens (including phenoxy) is 8. The Kier molecular flexibility index (Phi) is 15.1. The van der Waals surface area contributed by atoms with Gasteiger partial charge in [-0.2, -0.15) is 0 Å². The molecule has 0 radical (unpaired) electrons. The van der Waals surface area contributed by atoms with E-state index in [-0.39, 0.29) is 92.2 Å². The number of hydrogen-bond donors (Lipinski definition) is 2. The van der Waals surface area contributed by atoms with Crippen LogP contribution in [0.4, 0.5) is 0 Å². The molecule has 4 aromatic rings. The summed E-state index contributed by atoms with van der Waals surface area (Å²) in [5.41, 5.74) is 4.56. The van der Waals surface area contributed by atoms with Gasteiger partial charge in [0.1, 0.15) is 70.0 Å². The Hall–Kier alpha value is -7.10. The second-order valence-electron chi connectivity index (χ2n) is 15.2. The zero-order valence-electron chi connectivity index (χ0n) is 39.0. The van der Waals surface area contributed by atoms with Crippen LogP contribution in [0.2, 0.25) is 0 Å². The van der Waals surface area contributed by atoms with E-state index in [2.05, 4.69) is 0 Å². The summed E-state index contributed by atoms with van der Waals surface area (Å²) in [6.45, 7) is 18.6. The molecule has 0 aromatic heterocycles. The first kappa shape index (κ1) is 49.6. The number of carboxylic acid groups (broad SMARTS) is 2. The second kappa shape index (κ2) is 19.5. The summed E-state index contributed by atoms with van der Waals surface area (Å²) in [7, 11) is 5.33. The van der Waals surface area contributed by atoms with E-state index in [0.29, 0.717) is 55.6 Å².